The molecule has 0 aliphatic rings. The summed E-state index contributed by atoms with van der Waals surface area (Å²) in [6.07, 6.45) is 0. The Morgan fingerprint density at radius 2 is 1.43 bits per heavy atom. The summed E-state index contributed by atoms with van der Waals surface area (Å²) in [5.74, 6) is 0.819. The lowest BCUT2D eigenvalue weighted by atomic mass is 10.1. The van der Waals surface area contributed by atoms with Gasteiger partial charge in [-0.3, -0.25) is 0 Å². The third-order valence-corrected chi connectivity index (χ3v) is 3.93. The van der Waals surface area contributed by atoms with Crippen LogP contribution < -0.4 is 0 Å². The molecule has 0 aliphatic carbocycles. The molecule has 0 bridgehead atoms. The second-order valence-corrected chi connectivity index (χ2v) is 5.69. The van der Waals surface area contributed by atoms with Gasteiger partial charge in [0, 0.05) is 10.6 Å². The van der Waals surface area contributed by atoms with Gasteiger partial charge in [0.15, 0.2) is 5.58 Å². The van der Waals surface area contributed by atoms with Gasteiger partial charge in [-0.1, -0.05) is 29.8 Å². The van der Waals surface area contributed by atoms with Crippen LogP contribution in [0.15, 0.2) is 71.1 Å². The molecule has 0 saturated heterocycles. The van der Waals surface area contributed by atoms with Crippen molar-refractivity contribution in [3.05, 3.63) is 71.8 Å². The van der Waals surface area contributed by atoms with E-state index in [2.05, 4.69) is 4.98 Å². The fourth-order valence-corrected chi connectivity index (χ4v) is 2.60. The van der Waals surface area contributed by atoms with E-state index in [9.17, 15) is 5.11 Å². The summed E-state index contributed by atoms with van der Waals surface area (Å²) >= 11 is 5.91. The quantitative estimate of drug-likeness (QED) is 0.528. The highest BCUT2D eigenvalue weighted by Gasteiger charge is 2.09. The van der Waals surface area contributed by atoms with Crippen LogP contribution in [0.5, 0.6) is 5.75 Å². The van der Waals surface area contributed by atoms with Crippen LogP contribution in [0.3, 0.4) is 0 Å². The Labute approximate surface area is 137 Å². The average molecular weight is 322 g/mol. The van der Waals surface area contributed by atoms with Crippen molar-refractivity contribution in [3.63, 3.8) is 0 Å². The second-order valence-electron chi connectivity index (χ2n) is 5.26. The number of nitrogens with zero attached hydrogens (tertiary/aromatic N) is 1. The topological polar surface area (TPSA) is 46.3 Å². The summed E-state index contributed by atoms with van der Waals surface area (Å²) in [6, 6.07) is 20.3. The van der Waals surface area contributed by atoms with Gasteiger partial charge >= 0.3 is 0 Å². The van der Waals surface area contributed by atoms with E-state index >= 15 is 0 Å². The van der Waals surface area contributed by atoms with Crippen molar-refractivity contribution in [2.75, 3.05) is 0 Å². The molecule has 3 aromatic carbocycles. The molecule has 0 amide bonds. The number of phenolic OH excluding ortho intramolecular Hbond substituents is 1. The fourth-order valence-electron chi connectivity index (χ4n) is 2.47. The van der Waals surface area contributed by atoms with Gasteiger partial charge in [-0.2, -0.15) is 0 Å². The van der Waals surface area contributed by atoms with Gasteiger partial charge < -0.3 is 9.52 Å². The minimum atomic E-state index is 0.250. The van der Waals surface area contributed by atoms with Crippen LogP contribution in [-0.4, -0.2) is 10.1 Å². The molecule has 0 saturated carbocycles. The Morgan fingerprint density at radius 1 is 0.783 bits per heavy atom. The maximum Gasteiger partial charge on any atom is 0.227 e. The van der Waals surface area contributed by atoms with Crippen molar-refractivity contribution in [1.82, 2.24) is 4.98 Å². The Hall–Kier alpha value is -2.78. The first-order chi connectivity index (χ1) is 11.2. The molecular formula is C19H12ClNO2. The molecule has 1 aromatic heterocycles. The number of oxazole rings is 1. The van der Waals surface area contributed by atoms with Crippen LogP contribution in [0.25, 0.3) is 33.7 Å². The Bertz CT molecular complexity index is 929. The Kier molecular flexibility index (Phi) is 3.28. The molecule has 4 rings (SSSR count). The maximum absolute atomic E-state index is 9.39. The van der Waals surface area contributed by atoms with E-state index in [1.807, 2.05) is 54.6 Å². The first kappa shape index (κ1) is 13.9. The van der Waals surface area contributed by atoms with Crippen molar-refractivity contribution in [2.24, 2.45) is 0 Å². The molecule has 1 N–H and O–H groups in total. The van der Waals surface area contributed by atoms with E-state index < -0.39 is 0 Å². The van der Waals surface area contributed by atoms with Gasteiger partial charge in [0.05, 0.1) is 0 Å². The minimum absolute atomic E-state index is 0.250. The van der Waals surface area contributed by atoms with Crippen molar-refractivity contribution in [1.29, 1.82) is 0 Å². The SMILES string of the molecule is Oc1ccc(-c2ccc3nc(-c4ccc(Cl)cc4)oc3c2)cc1. The summed E-state index contributed by atoms with van der Waals surface area (Å²) in [5.41, 5.74) is 4.43. The van der Waals surface area contributed by atoms with Gasteiger partial charge in [0.25, 0.3) is 0 Å². The monoisotopic (exact) mass is 321 g/mol. The maximum atomic E-state index is 9.39. The lowest BCUT2D eigenvalue weighted by Crippen LogP contribution is -1.77. The zero-order chi connectivity index (χ0) is 15.8. The second kappa shape index (κ2) is 5.45. The third kappa shape index (κ3) is 2.67. The third-order valence-electron chi connectivity index (χ3n) is 3.68. The molecule has 0 fully saturated rings. The normalized spacial score (nSPS) is 11.0. The zero-order valence-corrected chi connectivity index (χ0v) is 12.8. The standard InChI is InChI=1S/C19H12ClNO2/c20-15-6-1-13(2-7-15)19-21-17-10-5-14(11-18(17)23-19)12-3-8-16(22)9-4-12/h1-11,22H. The molecule has 0 radical (unpaired) electrons. The smallest absolute Gasteiger partial charge is 0.227 e. The Balaban J connectivity index is 1.77. The largest absolute Gasteiger partial charge is 0.508 e. The summed E-state index contributed by atoms with van der Waals surface area (Å²) in [5, 5.41) is 10.1. The van der Waals surface area contributed by atoms with Crippen molar-refractivity contribution in [2.45, 2.75) is 0 Å². The first-order valence-electron chi connectivity index (χ1n) is 7.15. The number of aromatic hydroxyl groups is 1. The number of rotatable bonds is 2. The van der Waals surface area contributed by atoms with Gasteiger partial charge in [0.2, 0.25) is 5.89 Å². The van der Waals surface area contributed by atoms with Crippen molar-refractivity contribution < 1.29 is 9.52 Å². The van der Waals surface area contributed by atoms with Gasteiger partial charge in [-0.05, 0) is 59.7 Å². The summed E-state index contributed by atoms with van der Waals surface area (Å²) in [7, 11) is 0. The molecule has 112 valence electrons. The highest BCUT2D eigenvalue weighted by molar-refractivity contribution is 6.30. The van der Waals surface area contributed by atoms with E-state index in [1.165, 1.54) is 0 Å². The molecule has 23 heavy (non-hydrogen) atoms. The van der Waals surface area contributed by atoms with E-state index in [0.29, 0.717) is 10.9 Å². The summed E-state index contributed by atoms with van der Waals surface area (Å²) in [6.45, 7) is 0. The number of phenols is 1. The van der Waals surface area contributed by atoms with E-state index in [-0.39, 0.29) is 5.75 Å². The predicted molar refractivity (Wildman–Crippen MR) is 91.6 cm³/mol. The zero-order valence-electron chi connectivity index (χ0n) is 12.0. The number of benzene rings is 3. The van der Waals surface area contributed by atoms with Crippen molar-refractivity contribution >= 4 is 22.7 Å². The molecular weight excluding hydrogens is 310 g/mol. The molecule has 0 aliphatic heterocycles. The molecule has 0 unspecified atom stereocenters. The summed E-state index contributed by atoms with van der Waals surface area (Å²) < 4.78 is 5.88. The molecule has 1 heterocycles. The average Bonchev–Trinajstić information content (AvgIpc) is 2.99. The van der Waals surface area contributed by atoms with Crippen LogP contribution >= 0.6 is 11.6 Å². The number of aromatic nitrogens is 1. The van der Waals surface area contributed by atoms with Gasteiger partial charge in [-0.15, -0.1) is 0 Å². The minimum Gasteiger partial charge on any atom is -0.508 e. The van der Waals surface area contributed by atoms with E-state index in [0.717, 1.165) is 27.8 Å². The summed E-state index contributed by atoms with van der Waals surface area (Å²) in [4.78, 5) is 4.51. The highest BCUT2D eigenvalue weighted by Crippen LogP contribution is 2.29. The number of hydrogen-bond donors (Lipinski definition) is 1. The number of hydrogen-bond acceptors (Lipinski definition) is 3. The fraction of sp³-hybridized carbons (Fsp3) is 0. The molecule has 0 atom stereocenters. The predicted octanol–water partition coefficient (Wildman–Crippen LogP) is 5.52. The number of halogens is 1. The van der Waals surface area contributed by atoms with Crippen LogP contribution in [0, 0.1) is 0 Å². The van der Waals surface area contributed by atoms with Crippen LogP contribution in [-0.2, 0) is 0 Å². The van der Waals surface area contributed by atoms with Gasteiger partial charge in [-0.25, -0.2) is 4.98 Å². The van der Waals surface area contributed by atoms with Crippen LogP contribution in [0.2, 0.25) is 5.02 Å². The lowest BCUT2D eigenvalue weighted by molar-refractivity contribution is 0.475. The molecule has 0 spiro atoms. The highest BCUT2D eigenvalue weighted by atomic mass is 35.5. The van der Waals surface area contributed by atoms with Crippen LogP contribution in [0.1, 0.15) is 0 Å². The van der Waals surface area contributed by atoms with Crippen molar-refractivity contribution in [3.8, 4) is 28.3 Å². The molecule has 3 nitrogen and oxygen atoms in total. The number of fused-ring (bicyclic) bond motifs is 1. The van der Waals surface area contributed by atoms with Gasteiger partial charge in [0.1, 0.15) is 11.3 Å². The van der Waals surface area contributed by atoms with E-state index in [4.69, 9.17) is 16.0 Å². The molecule has 4 aromatic rings. The molecule has 4 heteroatoms. The Morgan fingerprint density at radius 3 is 2.17 bits per heavy atom. The lowest BCUT2D eigenvalue weighted by Gasteiger charge is -2.01. The van der Waals surface area contributed by atoms with E-state index in [1.54, 1.807) is 12.1 Å². The first-order valence-corrected chi connectivity index (χ1v) is 7.53. The van der Waals surface area contributed by atoms with Crippen LogP contribution in [0.4, 0.5) is 0 Å².